The van der Waals surface area contributed by atoms with Crippen LogP contribution in [-0.4, -0.2) is 4.98 Å². The molecule has 0 radical (unpaired) electrons. The average Bonchev–Trinajstić information content (AvgIpc) is 2.28. The summed E-state index contributed by atoms with van der Waals surface area (Å²) >= 11 is 6.34. The Bertz CT molecular complexity index is 544. The predicted octanol–water partition coefficient (Wildman–Crippen LogP) is 5.14. The molecule has 2 aromatic rings. The quantitative estimate of drug-likeness (QED) is 0.717. The van der Waals surface area contributed by atoms with Gasteiger partial charge >= 0.3 is 0 Å². The van der Waals surface area contributed by atoms with Crippen molar-refractivity contribution in [3.63, 3.8) is 0 Å². The molecule has 0 unspecified atom stereocenters. The molecule has 0 aliphatic heterocycles. The lowest BCUT2D eigenvalue weighted by Gasteiger charge is -2.11. The molecule has 0 spiro atoms. The maximum absolute atomic E-state index is 6.34. The summed E-state index contributed by atoms with van der Waals surface area (Å²) < 4.78 is 0. The number of pyridine rings is 1. The molecular weight excluding hydrogens is 230 g/mol. The molecule has 0 atom stereocenters. The molecule has 0 N–H and O–H groups in total. The number of benzene rings is 1. The molecule has 17 heavy (non-hydrogen) atoms. The second kappa shape index (κ2) is 4.66. The molecule has 1 nitrogen and oxygen atoms in total. The average molecular weight is 248 g/mol. The maximum Gasteiger partial charge on any atom is 0.0720 e. The molecule has 0 aliphatic carbocycles. The summed E-state index contributed by atoms with van der Waals surface area (Å²) in [7, 11) is 0. The van der Waals surface area contributed by atoms with E-state index in [2.05, 4.69) is 50.9 Å². The van der Waals surface area contributed by atoms with E-state index in [1.807, 2.05) is 6.07 Å². The van der Waals surface area contributed by atoms with E-state index in [9.17, 15) is 0 Å². The zero-order valence-electron chi connectivity index (χ0n) is 10.8. The van der Waals surface area contributed by atoms with Crippen LogP contribution < -0.4 is 0 Å². The highest BCUT2D eigenvalue weighted by atomic mass is 35.5. The molecule has 0 saturated heterocycles. The lowest BCUT2D eigenvalue weighted by atomic mass is 10.0. The fourth-order valence-electron chi connectivity index (χ4n) is 1.88. The third-order valence-corrected chi connectivity index (χ3v) is 3.37. The normalized spacial score (nSPS) is 11.7. The minimum atomic E-state index is 0.404. The Balaban J connectivity index is 2.64. The fraction of sp³-hybridized carbons (Fsp3) is 0.400. The molecule has 1 aromatic heterocycles. The topological polar surface area (TPSA) is 12.9 Å². The molecule has 0 aliphatic rings. The fourth-order valence-corrected chi connectivity index (χ4v) is 2.14. The van der Waals surface area contributed by atoms with Crippen LogP contribution in [-0.2, 0) is 0 Å². The zero-order valence-corrected chi connectivity index (χ0v) is 11.5. The first kappa shape index (κ1) is 12.4. The van der Waals surface area contributed by atoms with Crippen LogP contribution in [0.5, 0.6) is 0 Å². The Labute approximate surface area is 108 Å². The highest BCUT2D eigenvalue weighted by Gasteiger charge is 2.08. The summed E-state index contributed by atoms with van der Waals surface area (Å²) in [4.78, 5) is 4.65. The van der Waals surface area contributed by atoms with Crippen molar-refractivity contribution in [3.8, 4) is 0 Å². The van der Waals surface area contributed by atoms with E-state index in [1.54, 1.807) is 0 Å². The summed E-state index contributed by atoms with van der Waals surface area (Å²) in [5.41, 5.74) is 3.35. The van der Waals surface area contributed by atoms with E-state index in [1.165, 1.54) is 5.56 Å². The zero-order chi connectivity index (χ0) is 12.6. The van der Waals surface area contributed by atoms with Crippen LogP contribution in [0.3, 0.4) is 0 Å². The second-order valence-electron chi connectivity index (χ2n) is 5.11. The number of fused-ring (bicyclic) bond motifs is 1. The Morgan fingerprint density at radius 1 is 1.00 bits per heavy atom. The second-order valence-corrected chi connectivity index (χ2v) is 5.52. The third-order valence-electron chi connectivity index (χ3n) is 3.06. The van der Waals surface area contributed by atoms with E-state index in [4.69, 9.17) is 11.6 Å². The highest BCUT2D eigenvalue weighted by Crippen LogP contribution is 2.28. The number of hydrogen-bond acceptors (Lipinski definition) is 1. The first-order chi connectivity index (χ1) is 7.99. The van der Waals surface area contributed by atoms with Crippen molar-refractivity contribution in [2.75, 3.05) is 0 Å². The van der Waals surface area contributed by atoms with Gasteiger partial charge in [-0.1, -0.05) is 45.4 Å². The van der Waals surface area contributed by atoms with Crippen molar-refractivity contribution in [1.29, 1.82) is 0 Å². The Kier molecular flexibility index (Phi) is 3.39. The number of rotatable bonds is 2. The van der Waals surface area contributed by atoms with Gasteiger partial charge in [-0.25, -0.2) is 0 Å². The van der Waals surface area contributed by atoms with Crippen molar-refractivity contribution < 1.29 is 0 Å². The Morgan fingerprint density at radius 3 is 2.29 bits per heavy atom. The van der Waals surface area contributed by atoms with Crippen LogP contribution in [0.15, 0.2) is 24.3 Å². The summed E-state index contributed by atoms with van der Waals surface area (Å²) in [6, 6.07) is 8.35. The van der Waals surface area contributed by atoms with Crippen molar-refractivity contribution >= 4 is 22.5 Å². The molecule has 2 heteroatoms. The number of nitrogens with zero attached hydrogens (tertiary/aromatic N) is 1. The molecule has 1 aromatic carbocycles. The standard InChI is InChI=1S/C15H18ClN/c1-9(2)11-5-6-14-12(7-11)13(16)8-15(17-14)10(3)4/h5-10H,1-4H3. The smallest absolute Gasteiger partial charge is 0.0720 e. The van der Waals surface area contributed by atoms with Gasteiger partial charge in [-0.3, -0.25) is 4.98 Å². The van der Waals surface area contributed by atoms with E-state index >= 15 is 0 Å². The van der Waals surface area contributed by atoms with Crippen molar-refractivity contribution in [2.24, 2.45) is 0 Å². The van der Waals surface area contributed by atoms with Gasteiger partial charge in [0.25, 0.3) is 0 Å². The minimum Gasteiger partial charge on any atom is -0.252 e. The maximum atomic E-state index is 6.34. The molecule has 90 valence electrons. The van der Waals surface area contributed by atoms with Gasteiger partial charge in [-0.05, 0) is 35.6 Å². The largest absolute Gasteiger partial charge is 0.252 e. The summed E-state index contributed by atoms with van der Waals surface area (Å²) in [5.74, 6) is 0.918. The molecule has 0 amide bonds. The van der Waals surface area contributed by atoms with E-state index in [0.29, 0.717) is 11.8 Å². The predicted molar refractivity (Wildman–Crippen MR) is 74.9 cm³/mol. The van der Waals surface area contributed by atoms with Gasteiger partial charge in [0.05, 0.1) is 10.5 Å². The minimum absolute atomic E-state index is 0.404. The SMILES string of the molecule is CC(C)c1ccc2nc(C(C)C)cc(Cl)c2c1. The first-order valence-corrected chi connectivity index (χ1v) is 6.47. The summed E-state index contributed by atoms with van der Waals surface area (Å²) in [5, 5.41) is 1.86. The molecular formula is C15H18ClN. The number of hydrogen-bond donors (Lipinski definition) is 0. The van der Waals surface area contributed by atoms with E-state index < -0.39 is 0 Å². The van der Waals surface area contributed by atoms with Crippen LogP contribution in [0.2, 0.25) is 5.02 Å². The van der Waals surface area contributed by atoms with Gasteiger partial charge in [0.2, 0.25) is 0 Å². The molecule has 0 saturated carbocycles. The summed E-state index contributed by atoms with van der Waals surface area (Å²) in [6.45, 7) is 8.63. The number of halogens is 1. The third kappa shape index (κ3) is 2.44. The van der Waals surface area contributed by atoms with Crippen LogP contribution in [0.4, 0.5) is 0 Å². The van der Waals surface area contributed by atoms with Crippen molar-refractivity contribution in [2.45, 2.75) is 39.5 Å². The van der Waals surface area contributed by atoms with Gasteiger partial charge in [0, 0.05) is 11.1 Å². The van der Waals surface area contributed by atoms with Gasteiger partial charge in [0.15, 0.2) is 0 Å². The molecule has 0 fully saturated rings. The van der Waals surface area contributed by atoms with Crippen LogP contribution in [0.1, 0.15) is 50.8 Å². The van der Waals surface area contributed by atoms with Crippen molar-refractivity contribution in [1.82, 2.24) is 4.98 Å². The van der Waals surface area contributed by atoms with Crippen molar-refractivity contribution in [3.05, 3.63) is 40.5 Å². The van der Waals surface area contributed by atoms with Gasteiger partial charge in [0.1, 0.15) is 0 Å². The highest BCUT2D eigenvalue weighted by molar-refractivity contribution is 6.35. The Hall–Kier alpha value is -1.08. The molecule has 2 rings (SSSR count). The first-order valence-electron chi connectivity index (χ1n) is 6.09. The van der Waals surface area contributed by atoms with E-state index in [0.717, 1.165) is 21.6 Å². The van der Waals surface area contributed by atoms with Gasteiger partial charge in [-0.15, -0.1) is 0 Å². The van der Waals surface area contributed by atoms with Gasteiger partial charge in [-0.2, -0.15) is 0 Å². The monoisotopic (exact) mass is 247 g/mol. The lowest BCUT2D eigenvalue weighted by molar-refractivity contribution is 0.829. The van der Waals surface area contributed by atoms with E-state index in [-0.39, 0.29) is 0 Å². The van der Waals surface area contributed by atoms with Crippen LogP contribution in [0, 0.1) is 0 Å². The summed E-state index contributed by atoms with van der Waals surface area (Å²) in [6.07, 6.45) is 0. The molecule has 1 heterocycles. The molecule has 0 bridgehead atoms. The van der Waals surface area contributed by atoms with Crippen LogP contribution in [0.25, 0.3) is 10.9 Å². The number of aromatic nitrogens is 1. The Morgan fingerprint density at radius 2 is 1.71 bits per heavy atom. The lowest BCUT2D eigenvalue weighted by Crippen LogP contribution is -1.95. The van der Waals surface area contributed by atoms with Crippen LogP contribution >= 0.6 is 11.6 Å². The van der Waals surface area contributed by atoms with Gasteiger partial charge < -0.3 is 0 Å².